The smallest absolute Gasteiger partial charge is 0.123 e. The summed E-state index contributed by atoms with van der Waals surface area (Å²) < 4.78 is 0.279. The summed E-state index contributed by atoms with van der Waals surface area (Å²) in [4.78, 5) is 6.75. The Bertz CT molecular complexity index is 769. The van der Waals surface area contributed by atoms with E-state index in [9.17, 15) is 10.4 Å². The van der Waals surface area contributed by atoms with Gasteiger partial charge in [0.15, 0.2) is 0 Å². The number of aliphatic imine (C=N–C) groups is 1. The molecule has 0 atom stereocenters. The Morgan fingerprint density at radius 2 is 2.05 bits per heavy atom. The first-order valence-electron chi connectivity index (χ1n) is 5.76. The number of aromatic nitrogens is 1. The van der Waals surface area contributed by atoms with Crippen LogP contribution in [-0.4, -0.2) is 23.4 Å². The number of anilines is 1. The van der Waals surface area contributed by atoms with Gasteiger partial charge in [0.2, 0.25) is 0 Å². The number of benzene rings is 1. The van der Waals surface area contributed by atoms with Crippen molar-refractivity contribution in [3.63, 3.8) is 0 Å². The van der Waals surface area contributed by atoms with E-state index in [-0.39, 0.29) is 10.4 Å². The van der Waals surface area contributed by atoms with Gasteiger partial charge in [0.25, 0.3) is 0 Å². The Labute approximate surface area is 121 Å². The average molecular weight is 284 g/mol. The SMILES string of the molecule is CN=Cc1c(N)[nH]c(=S)c(C#N)c1-c1ccc(O)cc1. The summed E-state index contributed by atoms with van der Waals surface area (Å²) in [6.45, 7) is 0. The zero-order valence-corrected chi connectivity index (χ0v) is 11.5. The number of aromatic amines is 1. The minimum atomic E-state index is 0.145. The number of rotatable bonds is 2. The molecule has 0 fully saturated rings. The van der Waals surface area contributed by atoms with E-state index < -0.39 is 0 Å². The van der Waals surface area contributed by atoms with Crippen LogP contribution in [0.25, 0.3) is 11.1 Å². The third-order valence-electron chi connectivity index (χ3n) is 2.81. The van der Waals surface area contributed by atoms with Crippen LogP contribution in [0.15, 0.2) is 29.3 Å². The van der Waals surface area contributed by atoms with E-state index in [0.29, 0.717) is 22.5 Å². The van der Waals surface area contributed by atoms with Crippen molar-refractivity contribution >= 4 is 24.3 Å². The lowest BCUT2D eigenvalue weighted by atomic mass is 9.97. The number of phenols is 1. The van der Waals surface area contributed by atoms with Gasteiger partial charge in [0.05, 0.1) is 5.56 Å². The Morgan fingerprint density at radius 1 is 1.40 bits per heavy atom. The molecule has 6 heteroatoms. The highest BCUT2D eigenvalue weighted by Gasteiger charge is 2.15. The first-order valence-corrected chi connectivity index (χ1v) is 6.16. The van der Waals surface area contributed by atoms with E-state index in [1.54, 1.807) is 37.5 Å². The second kappa shape index (κ2) is 5.55. The van der Waals surface area contributed by atoms with Crippen molar-refractivity contribution in [1.82, 2.24) is 4.98 Å². The molecule has 0 radical (unpaired) electrons. The average Bonchev–Trinajstić information content (AvgIpc) is 2.42. The van der Waals surface area contributed by atoms with Crippen molar-refractivity contribution in [3.8, 4) is 22.9 Å². The Kier molecular flexibility index (Phi) is 3.82. The second-order valence-electron chi connectivity index (χ2n) is 4.08. The van der Waals surface area contributed by atoms with E-state index in [1.165, 1.54) is 0 Å². The zero-order valence-electron chi connectivity index (χ0n) is 10.7. The maximum Gasteiger partial charge on any atom is 0.123 e. The quantitative estimate of drug-likeness (QED) is 0.583. The summed E-state index contributed by atoms with van der Waals surface area (Å²) in [6, 6.07) is 8.57. The van der Waals surface area contributed by atoms with E-state index in [0.717, 1.165) is 5.56 Å². The fourth-order valence-corrected chi connectivity index (χ4v) is 2.19. The Hall–Kier alpha value is -2.65. The van der Waals surface area contributed by atoms with Gasteiger partial charge in [0.1, 0.15) is 22.3 Å². The molecule has 2 aromatic rings. The number of nitrogens with one attached hydrogen (secondary N) is 1. The third kappa shape index (κ3) is 2.39. The van der Waals surface area contributed by atoms with Crippen LogP contribution in [0.2, 0.25) is 0 Å². The fourth-order valence-electron chi connectivity index (χ4n) is 1.93. The zero-order chi connectivity index (χ0) is 14.7. The van der Waals surface area contributed by atoms with Gasteiger partial charge in [-0.15, -0.1) is 0 Å². The molecule has 4 N–H and O–H groups in total. The lowest BCUT2D eigenvalue weighted by Gasteiger charge is -2.11. The maximum absolute atomic E-state index is 9.37. The molecule has 0 aliphatic carbocycles. The molecule has 0 unspecified atom stereocenters. The molecule has 0 saturated heterocycles. The van der Waals surface area contributed by atoms with Crippen LogP contribution in [0.5, 0.6) is 5.75 Å². The number of pyridine rings is 1. The van der Waals surface area contributed by atoms with Gasteiger partial charge in [-0.05, 0) is 17.7 Å². The van der Waals surface area contributed by atoms with Crippen molar-refractivity contribution in [2.45, 2.75) is 0 Å². The van der Waals surface area contributed by atoms with Crippen LogP contribution in [-0.2, 0) is 0 Å². The highest BCUT2D eigenvalue weighted by atomic mass is 32.1. The molecule has 1 heterocycles. The molecule has 1 aromatic carbocycles. The first kappa shape index (κ1) is 13.8. The first-order chi connectivity index (χ1) is 9.58. The lowest BCUT2D eigenvalue weighted by molar-refractivity contribution is 0.475. The van der Waals surface area contributed by atoms with Crippen molar-refractivity contribution in [2.75, 3.05) is 12.8 Å². The summed E-state index contributed by atoms with van der Waals surface area (Å²) in [5.74, 6) is 0.495. The van der Waals surface area contributed by atoms with Gasteiger partial charge >= 0.3 is 0 Å². The molecule has 0 amide bonds. The number of nitrogen functional groups attached to an aromatic ring is 1. The minimum Gasteiger partial charge on any atom is -0.508 e. The number of nitriles is 1. The van der Waals surface area contributed by atoms with E-state index in [4.69, 9.17) is 18.0 Å². The van der Waals surface area contributed by atoms with E-state index in [1.807, 2.05) is 0 Å². The van der Waals surface area contributed by atoms with Crippen LogP contribution in [0.4, 0.5) is 5.82 Å². The summed E-state index contributed by atoms with van der Waals surface area (Å²) in [5.41, 5.74) is 8.20. The fraction of sp³-hybridized carbons (Fsp3) is 0.0714. The van der Waals surface area contributed by atoms with Crippen LogP contribution in [0.1, 0.15) is 11.1 Å². The molecule has 0 saturated carbocycles. The highest BCUT2D eigenvalue weighted by Crippen LogP contribution is 2.30. The predicted molar refractivity (Wildman–Crippen MR) is 81.4 cm³/mol. The maximum atomic E-state index is 9.37. The van der Waals surface area contributed by atoms with Gasteiger partial charge in [-0.25, -0.2) is 0 Å². The molecule has 100 valence electrons. The molecule has 0 aliphatic rings. The third-order valence-corrected chi connectivity index (χ3v) is 3.12. The standard InChI is InChI=1S/C14H12N4OS/c1-17-7-11-12(8-2-4-9(19)5-3-8)10(6-15)14(20)18-13(11)16/h2-5,7,19H,1H3,(H3,16,18,20). The summed E-state index contributed by atoms with van der Waals surface area (Å²) in [5, 5.41) is 18.7. The molecular formula is C14H12N4OS. The molecule has 0 bridgehead atoms. The van der Waals surface area contributed by atoms with Gasteiger partial charge in [0, 0.05) is 24.4 Å². The van der Waals surface area contributed by atoms with Crippen molar-refractivity contribution in [2.24, 2.45) is 4.99 Å². The van der Waals surface area contributed by atoms with Crippen molar-refractivity contribution in [1.29, 1.82) is 5.26 Å². The number of hydrogen-bond donors (Lipinski definition) is 3. The summed E-state index contributed by atoms with van der Waals surface area (Å²) >= 11 is 5.14. The number of phenolic OH excluding ortho intramolecular Hbond substituents is 1. The van der Waals surface area contributed by atoms with Gasteiger partial charge < -0.3 is 15.8 Å². The number of hydrogen-bond acceptors (Lipinski definition) is 5. The predicted octanol–water partition coefficient (Wildman–Crippen LogP) is 2.62. The van der Waals surface area contributed by atoms with Crippen molar-refractivity contribution < 1.29 is 5.11 Å². The van der Waals surface area contributed by atoms with Crippen LogP contribution < -0.4 is 5.73 Å². The highest BCUT2D eigenvalue weighted by molar-refractivity contribution is 7.71. The van der Waals surface area contributed by atoms with Crippen molar-refractivity contribution in [3.05, 3.63) is 40.0 Å². The number of nitrogens with zero attached hydrogens (tertiary/aromatic N) is 2. The summed E-state index contributed by atoms with van der Waals surface area (Å²) in [7, 11) is 1.62. The van der Waals surface area contributed by atoms with E-state index >= 15 is 0 Å². The minimum absolute atomic E-state index is 0.145. The molecule has 2 rings (SSSR count). The lowest BCUT2D eigenvalue weighted by Crippen LogP contribution is -2.03. The molecule has 5 nitrogen and oxygen atoms in total. The Morgan fingerprint density at radius 3 is 2.60 bits per heavy atom. The van der Waals surface area contributed by atoms with E-state index in [2.05, 4.69) is 16.0 Å². The topological polar surface area (TPSA) is 98.2 Å². The van der Waals surface area contributed by atoms with Crippen LogP contribution in [0, 0.1) is 16.0 Å². The molecule has 0 aliphatic heterocycles. The summed E-state index contributed by atoms with van der Waals surface area (Å²) in [6.07, 6.45) is 1.57. The largest absolute Gasteiger partial charge is 0.508 e. The van der Waals surface area contributed by atoms with Gasteiger partial charge in [-0.3, -0.25) is 4.99 Å². The Balaban J connectivity index is 2.88. The van der Waals surface area contributed by atoms with Crippen LogP contribution in [0.3, 0.4) is 0 Å². The molecule has 20 heavy (non-hydrogen) atoms. The number of nitrogens with two attached hydrogens (primary N) is 1. The monoisotopic (exact) mass is 284 g/mol. The molecule has 1 aromatic heterocycles. The number of aromatic hydroxyl groups is 1. The van der Waals surface area contributed by atoms with Crippen LogP contribution >= 0.6 is 12.2 Å². The molecular weight excluding hydrogens is 272 g/mol. The normalized spacial score (nSPS) is 10.6. The van der Waals surface area contributed by atoms with Gasteiger partial charge in [-0.1, -0.05) is 24.4 Å². The van der Waals surface area contributed by atoms with Gasteiger partial charge in [-0.2, -0.15) is 5.26 Å². The number of H-pyrrole nitrogens is 1. The second-order valence-corrected chi connectivity index (χ2v) is 4.49. The molecule has 0 spiro atoms.